The molecule has 1 saturated heterocycles. The number of piperidine rings is 1. The highest BCUT2D eigenvalue weighted by Gasteiger charge is 2.29. The Morgan fingerprint density at radius 3 is 2.38 bits per heavy atom. The van der Waals surface area contributed by atoms with E-state index >= 15 is 0 Å². The molecule has 24 heavy (non-hydrogen) atoms. The fourth-order valence-electron chi connectivity index (χ4n) is 4.19. The second kappa shape index (κ2) is 6.45. The fraction of sp³-hybridized carbons (Fsp3) is 0.364. The van der Waals surface area contributed by atoms with Crippen molar-refractivity contribution < 1.29 is 4.74 Å². The van der Waals surface area contributed by atoms with Gasteiger partial charge in [0, 0.05) is 0 Å². The monoisotopic (exact) mass is 319 g/mol. The molecular weight excluding hydrogens is 294 g/mol. The van der Waals surface area contributed by atoms with Gasteiger partial charge in [-0.15, -0.1) is 0 Å². The lowest BCUT2D eigenvalue weighted by Crippen LogP contribution is -2.31. The Labute approximate surface area is 144 Å². The van der Waals surface area contributed by atoms with Gasteiger partial charge < -0.3 is 9.64 Å². The first-order chi connectivity index (χ1) is 11.8. The van der Waals surface area contributed by atoms with Gasteiger partial charge in [0.2, 0.25) is 0 Å². The van der Waals surface area contributed by atoms with Crippen molar-refractivity contribution in [1.82, 2.24) is 4.90 Å². The van der Waals surface area contributed by atoms with E-state index in [1.54, 1.807) is 12.7 Å². The average Bonchev–Trinajstić information content (AvgIpc) is 3.02. The molecule has 0 N–H and O–H groups in total. The second-order valence-corrected chi connectivity index (χ2v) is 7.04. The Hall–Kier alpha value is -2.06. The van der Waals surface area contributed by atoms with Crippen molar-refractivity contribution in [1.29, 1.82) is 0 Å². The van der Waals surface area contributed by atoms with Crippen LogP contribution in [-0.2, 0) is 6.42 Å². The van der Waals surface area contributed by atoms with Crippen LogP contribution in [0.1, 0.15) is 29.5 Å². The molecule has 0 bridgehead atoms. The average molecular weight is 319 g/mol. The maximum Gasteiger partial charge on any atom is 0.118 e. The van der Waals surface area contributed by atoms with Crippen molar-refractivity contribution in [2.45, 2.75) is 19.3 Å². The molecule has 1 fully saturated rings. The standard InChI is InChI=1S/C22H25NO/c1-23-13-11-16(12-14-23)21-15-18-5-3-4-6-20(18)22(21)17-7-9-19(24-2)10-8-17/h3-10,16H,11-15H2,1-2H3. The second-order valence-electron chi connectivity index (χ2n) is 7.04. The molecule has 2 aromatic rings. The lowest BCUT2D eigenvalue weighted by molar-refractivity contribution is 0.237. The van der Waals surface area contributed by atoms with Crippen molar-refractivity contribution >= 4 is 5.57 Å². The quantitative estimate of drug-likeness (QED) is 0.831. The molecule has 2 aliphatic rings. The summed E-state index contributed by atoms with van der Waals surface area (Å²) in [5, 5.41) is 0. The Morgan fingerprint density at radius 2 is 1.67 bits per heavy atom. The van der Waals surface area contributed by atoms with Crippen molar-refractivity contribution in [3.8, 4) is 5.75 Å². The van der Waals surface area contributed by atoms with E-state index in [-0.39, 0.29) is 0 Å². The molecule has 2 heteroatoms. The minimum atomic E-state index is 0.714. The number of allylic oxidation sites excluding steroid dienone is 1. The van der Waals surface area contributed by atoms with Crippen LogP contribution in [0.5, 0.6) is 5.75 Å². The highest BCUT2D eigenvalue weighted by Crippen LogP contribution is 2.43. The predicted molar refractivity (Wildman–Crippen MR) is 99.4 cm³/mol. The summed E-state index contributed by atoms with van der Waals surface area (Å²) >= 11 is 0. The summed E-state index contributed by atoms with van der Waals surface area (Å²) in [6, 6.07) is 17.5. The van der Waals surface area contributed by atoms with Gasteiger partial charge in [0.15, 0.2) is 0 Å². The summed E-state index contributed by atoms with van der Waals surface area (Å²) in [4.78, 5) is 2.45. The number of likely N-dealkylation sites (tertiary alicyclic amines) is 1. The maximum absolute atomic E-state index is 5.33. The van der Waals surface area contributed by atoms with Crippen LogP contribution in [0, 0.1) is 5.92 Å². The van der Waals surface area contributed by atoms with E-state index in [0.717, 1.165) is 12.2 Å². The van der Waals surface area contributed by atoms with E-state index in [0.29, 0.717) is 5.92 Å². The van der Waals surface area contributed by atoms with E-state index in [1.807, 2.05) is 0 Å². The zero-order valence-corrected chi connectivity index (χ0v) is 14.6. The summed E-state index contributed by atoms with van der Waals surface area (Å²) in [5.74, 6) is 1.64. The molecule has 1 aliphatic carbocycles. The number of fused-ring (bicyclic) bond motifs is 1. The van der Waals surface area contributed by atoms with E-state index < -0.39 is 0 Å². The zero-order valence-electron chi connectivity index (χ0n) is 14.6. The largest absolute Gasteiger partial charge is 0.497 e. The number of ether oxygens (including phenoxy) is 1. The lowest BCUT2D eigenvalue weighted by Gasteiger charge is -2.30. The third-order valence-corrected chi connectivity index (χ3v) is 5.58. The number of benzene rings is 2. The molecular formula is C22H25NO. The van der Waals surface area contributed by atoms with Crippen LogP contribution in [0.4, 0.5) is 0 Å². The van der Waals surface area contributed by atoms with Crippen LogP contribution in [-0.4, -0.2) is 32.1 Å². The summed E-state index contributed by atoms with van der Waals surface area (Å²) in [6.45, 7) is 2.42. The van der Waals surface area contributed by atoms with E-state index in [4.69, 9.17) is 4.74 Å². The number of hydrogen-bond acceptors (Lipinski definition) is 2. The minimum Gasteiger partial charge on any atom is -0.497 e. The number of methoxy groups -OCH3 is 1. The first kappa shape index (κ1) is 15.5. The minimum absolute atomic E-state index is 0.714. The summed E-state index contributed by atoms with van der Waals surface area (Å²) < 4.78 is 5.33. The van der Waals surface area contributed by atoms with Crippen molar-refractivity contribution in [2.24, 2.45) is 5.92 Å². The number of rotatable bonds is 3. The van der Waals surface area contributed by atoms with Crippen LogP contribution < -0.4 is 4.74 Å². The number of nitrogens with zero attached hydrogens (tertiary/aromatic N) is 1. The Bertz CT molecular complexity index is 752. The molecule has 0 radical (unpaired) electrons. The normalized spacial score (nSPS) is 18.8. The van der Waals surface area contributed by atoms with Gasteiger partial charge in [-0.25, -0.2) is 0 Å². The molecule has 0 aromatic heterocycles. The Balaban J connectivity index is 1.77. The van der Waals surface area contributed by atoms with Gasteiger partial charge in [0.1, 0.15) is 5.75 Å². The van der Waals surface area contributed by atoms with Crippen LogP contribution in [0.15, 0.2) is 54.1 Å². The van der Waals surface area contributed by atoms with Crippen LogP contribution in [0.3, 0.4) is 0 Å². The van der Waals surface area contributed by atoms with Crippen molar-refractivity contribution in [2.75, 3.05) is 27.2 Å². The van der Waals surface area contributed by atoms with Gasteiger partial charge in [0.05, 0.1) is 7.11 Å². The summed E-state index contributed by atoms with van der Waals surface area (Å²) in [5.41, 5.74) is 7.36. The summed E-state index contributed by atoms with van der Waals surface area (Å²) in [7, 11) is 3.96. The van der Waals surface area contributed by atoms with Gasteiger partial charge in [-0.1, -0.05) is 42.0 Å². The van der Waals surface area contributed by atoms with E-state index in [2.05, 4.69) is 60.5 Å². The molecule has 4 rings (SSSR count). The van der Waals surface area contributed by atoms with Gasteiger partial charge in [-0.3, -0.25) is 0 Å². The molecule has 1 heterocycles. The SMILES string of the molecule is COc1ccc(C2=C(C3CCN(C)CC3)Cc3ccccc32)cc1. The molecule has 0 atom stereocenters. The van der Waals surface area contributed by atoms with Gasteiger partial charge in [0.25, 0.3) is 0 Å². The Kier molecular flexibility index (Phi) is 4.15. The van der Waals surface area contributed by atoms with Crippen LogP contribution in [0.2, 0.25) is 0 Å². The lowest BCUT2D eigenvalue weighted by atomic mass is 9.84. The Morgan fingerprint density at radius 1 is 0.958 bits per heavy atom. The smallest absolute Gasteiger partial charge is 0.118 e. The van der Waals surface area contributed by atoms with Gasteiger partial charge >= 0.3 is 0 Å². The van der Waals surface area contributed by atoms with Crippen molar-refractivity contribution in [3.05, 3.63) is 70.8 Å². The molecule has 124 valence electrons. The zero-order chi connectivity index (χ0) is 16.5. The third kappa shape index (κ3) is 2.76. The van der Waals surface area contributed by atoms with E-state index in [9.17, 15) is 0 Å². The molecule has 0 unspecified atom stereocenters. The third-order valence-electron chi connectivity index (χ3n) is 5.58. The van der Waals surface area contributed by atoms with Gasteiger partial charge in [-0.05, 0) is 79.7 Å². The highest BCUT2D eigenvalue weighted by atomic mass is 16.5. The van der Waals surface area contributed by atoms with Crippen LogP contribution >= 0.6 is 0 Å². The molecule has 1 aliphatic heterocycles. The fourth-order valence-corrected chi connectivity index (χ4v) is 4.19. The maximum atomic E-state index is 5.33. The molecule has 0 saturated carbocycles. The molecule has 2 aromatic carbocycles. The first-order valence-corrected chi connectivity index (χ1v) is 8.90. The predicted octanol–water partition coefficient (Wildman–Crippen LogP) is 4.40. The number of hydrogen-bond donors (Lipinski definition) is 0. The van der Waals surface area contributed by atoms with Gasteiger partial charge in [-0.2, -0.15) is 0 Å². The summed E-state index contributed by atoms with van der Waals surface area (Å²) in [6.07, 6.45) is 3.67. The van der Waals surface area contributed by atoms with E-state index in [1.165, 1.54) is 48.2 Å². The van der Waals surface area contributed by atoms with Crippen molar-refractivity contribution in [3.63, 3.8) is 0 Å². The molecule has 2 nitrogen and oxygen atoms in total. The first-order valence-electron chi connectivity index (χ1n) is 8.90. The molecule has 0 spiro atoms. The topological polar surface area (TPSA) is 12.5 Å². The molecule has 0 amide bonds. The highest BCUT2D eigenvalue weighted by molar-refractivity contribution is 5.87. The van der Waals surface area contributed by atoms with Crippen LogP contribution in [0.25, 0.3) is 5.57 Å².